The zero-order chi connectivity index (χ0) is 20.2. The Kier molecular flexibility index (Phi) is 4.32. The zero-order valence-corrected chi connectivity index (χ0v) is 17.5. The van der Waals surface area contributed by atoms with Gasteiger partial charge in [-0.3, -0.25) is 5.32 Å². The van der Waals surface area contributed by atoms with Crippen LogP contribution in [0, 0.1) is 0 Å². The number of fused-ring (bicyclic) bond motifs is 3. The third kappa shape index (κ3) is 2.83. The number of hydrogen-bond acceptors (Lipinski definition) is 4. The summed E-state index contributed by atoms with van der Waals surface area (Å²) in [5.41, 5.74) is 5.02. The summed E-state index contributed by atoms with van der Waals surface area (Å²) in [6.07, 6.45) is 2.31. The van der Waals surface area contributed by atoms with Gasteiger partial charge in [-0.1, -0.05) is 49.4 Å². The van der Waals surface area contributed by atoms with Crippen molar-refractivity contribution < 1.29 is 14.3 Å². The third-order valence-electron chi connectivity index (χ3n) is 7.36. The number of likely N-dealkylation sites (tertiary alicyclic amines) is 1. The number of nitrogens with zero attached hydrogens (tertiary/aromatic N) is 2. The first kappa shape index (κ1) is 18.8. The quantitative estimate of drug-likeness (QED) is 0.811. The molecule has 0 radical (unpaired) electrons. The van der Waals surface area contributed by atoms with Gasteiger partial charge in [0.1, 0.15) is 26.1 Å². The van der Waals surface area contributed by atoms with Crippen LogP contribution in [0.5, 0.6) is 0 Å². The van der Waals surface area contributed by atoms with Gasteiger partial charge in [0, 0.05) is 24.6 Å². The van der Waals surface area contributed by atoms with Gasteiger partial charge < -0.3 is 4.90 Å². The Morgan fingerprint density at radius 2 is 2.03 bits per heavy atom. The van der Waals surface area contributed by atoms with Crippen LogP contribution in [-0.4, -0.2) is 43.9 Å². The van der Waals surface area contributed by atoms with Crippen LogP contribution in [0.4, 0.5) is 5.69 Å². The third-order valence-corrected chi connectivity index (χ3v) is 7.36. The lowest BCUT2D eigenvalue weighted by Gasteiger charge is -2.27. The molecule has 2 saturated heterocycles. The molecular weight excluding hydrogens is 362 g/mol. The SMILES string of the molecule is CN1c2ccc(C3CC[N@@+](C)(OCc4ccccc4)C3=O)cc2[C@]2(C)CCNC12. The summed E-state index contributed by atoms with van der Waals surface area (Å²) in [4.78, 5) is 21.8. The fourth-order valence-corrected chi connectivity index (χ4v) is 5.52. The van der Waals surface area contributed by atoms with E-state index < -0.39 is 0 Å². The highest BCUT2D eigenvalue weighted by molar-refractivity contribution is 5.80. The van der Waals surface area contributed by atoms with E-state index in [9.17, 15) is 4.79 Å². The number of hydrogen-bond donors (Lipinski definition) is 1. The van der Waals surface area contributed by atoms with Gasteiger partial charge in [0.15, 0.2) is 0 Å². The Labute approximate surface area is 172 Å². The molecule has 5 rings (SSSR count). The second-order valence-corrected chi connectivity index (χ2v) is 9.17. The fraction of sp³-hybridized carbons (Fsp3) is 0.458. The van der Waals surface area contributed by atoms with E-state index in [1.54, 1.807) is 0 Å². The number of quaternary nitrogens is 1. The van der Waals surface area contributed by atoms with Crippen LogP contribution in [0.1, 0.15) is 42.4 Å². The molecule has 2 unspecified atom stereocenters. The average molecular weight is 393 g/mol. The summed E-state index contributed by atoms with van der Waals surface area (Å²) in [7, 11) is 4.07. The average Bonchev–Trinajstić information content (AvgIpc) is 3.33. The summed E-state index contributed by atoms with van der Waals surface area (Å²) in [5.74, 6) is 0.0712. The summed E-state index contributed by atoms with van der Waals surface area (Å²) >= 11 is 0. The maximum atomic E-state index is 13.3. The van der Waals surface area contributed by atoms with Crippen LogP contribution >= 0.6 is 0 Å². The zero-order valence-electron chi connectivity index (χ0n) is 17.5. The van der Waals surface area contributed by atoms with Crippen molar-refractivity contribution in [3.63, 3.8) is 0 Å². The summed E-state index contributed by atoms with van der Waals surface area (Å²) in [6, 6.07) is 16.7. The van der Waals surface area contributed by atoms with Gasteiger partial charge >= 0.3 is 5.91 Å². The molecular formula is C24H30N3O2+. The second kappa shape index (κ2) is 6.66. The highest BCUT2D eigenvalue weighted by Gasteiger charge is 2.51. The highest BCUT2D eigenvalue weighted by Crippen LogP contribution is 2.49. The van der Waals surface area contributed by atoms with Crippen molar-refractivity contribution in [1.29, 1.82) is 0 Å². The standard InChI is InChI=1S/C24H30N3O2/c1-24-12-13-25-23(24)26(2)21-10-9-18(15-20(21)24)19-11-14-27(3,22(19)28)29-16-17-7-5-4-6-8-17/h4-10,15,19,23,25H,11-14,16H2,1-3H3/q+1/t19?,23?,24-,27+/m0/s1. The molecule has 152 valence electrons. The van der Waals surface area contributed by atoms with E-state index >= 15 is 0 Å². The largest absolute Gasteiger partial charge is 0.358 e. The van der Waals surface area contributed by atoms with E-state index in [0.29, 0.717) is 12.8 Å². The lowest BCUT2D eigenvalue weighted by Crippen LogP contribution is -2.45. The first-order valence-corrected chi connectivity index (χ1v) is 10.6. The van der Waals surface area contributed by atoms with Crippen molar-refractivity contribution in [1.82, 2.24) is 5.32 Å². The number of carbonyl (C=O) groups excluding carboxylic acids is 1. The van der Waals surface area contributed by atoms with Crippen molar-refractivity contribution in [2.24, 2.45) is 0 Å². The number of amides is 1. The number of benzene rings is 2. The van der Waals surface area contributed by atoms with Crippen molar-refractivity contribution in [3.8, 4) is 0 Å². The number of likely N-dealkylation sites (N-methyl/N-ethyl adjacent to an activating group) is 2. The molecule has 4 atom stereocenters. The molecule has 0 saturated carbocycles. The molecule has 0 aliphatic carbocycles. The van der Waals surface area contributed by atoms with E-state index in [4.69, 9.17) is 4.84 Å². The summed E-state index contributed by atoms with van der Waals surface area (Å²) in [5, 5.41) is 3.63. The molecule has 3 aliphatic rings. The lowest BCUT2D eigenvalue weighted by atomic mass is 9.80. The molecule has 5 nitrogen and oxygen atoms in total. The highest BCUT2D eigenvalue weighted by atomic mass is 16.7. The van der Waals surface area contributed by atoms with E-state index in [2.05, 4.69) is 42.4 Å². The number of rotatable bonds is 4. The van der Waals surface area contributed by atoms with Crippen molar-refractivity contribution in [2.45, 2.75) is 43.9 Å². The maximum Gasteiger partial charge on any atom is 0.353 e. The molecule has 29 heavy (non-hydrogen) atoms. The van der Waals surface area contributed by atoms with E-state index in [0.717, 1.165) is 37.1 Å². The van der Waals surface area contributed by atoms with Gasteiger partial charge in [-0.15, -0.1) is 4.65 Å². The van der Waals surface area contributed by atoms with Gasteiger partial charge in [0.05, 0.1) is 6.17 Å². The first-order valence-electron chi connectivity index (χ1n) is 10.6. The predicted molar refractivity (Wildman–Crippen MR) is 113 cm³/mol. The number of anilines is 1. The molecule has 1 amide bonds. The van der Waals surface area contributed by atoms with Crippen molar-refractivity contribution in [2.75, 3.05) is 32.1 Å². The summed E-state index contributed by atoms with van der Waals surface area (Å²) in [6.45, 7) is 4.56. The normalized spacial score (nSPS) is 33.2. The molecule has 2 fully saturated rings. The Hall–Kier alpha value is -2.21. The minimum atomic E-state index is -0.0941. The van der Waals surface area contributed by atoms with Gasteiger partial charge in [-0.2, -0.15) is 4.84 Å². The molecule has 3 aliphatic heterocycles. The smallest absolute Gasteiger partial charge is 0.353 e. The molecule has 5 heteroatoms. The molecule has 2 aromatic rings. The van der Waals surface area contributed by atoms with Crippen LogP contribution in [0.25, 0.3) is 0 Å². The molecule has 3 heterocycles. The summed E-state index contributed by atoms with van der Waals surface area (Å²) < 4.78 is 0.0536. The molecule has 0 spiro atoms. The van der Waals surface area contributed by atoms with Crippen molar-refractivity contribution >= 4 is 11.6 Å². The Bertz CT molecular complexity index is 946. The Morgan fingerprint density at radius 1 is 1.24 bits per heavy atom. The van der Waals surface area contributed by atoms with Gasteiger partial charge in [0.25, 0.3) is 0 Å². The van der Waals surface area contributed by atoms with E-state index in [1.165, 1.54) is 11.3 Å². The minimum Gasteiger partial charge on any atom is -0.358 e. The van der Waals surface area contributed by atoms with Crippen LogP contribution < -0.4 is 10.2 Å². The van der Waals surface area contributed by atoms with Crippen LogP contribution in [-0.2, 0) is 21.7 Å². The van der Waals surface area contributed by atoms with E-state index in [-0.39, 0.29) is 21.9 Å². The van der Waals surface area contributed by atoms with Crippen LogP contribution in [0.2, 0.25) is 0 Å². The van der Waals surface area contributed by atoms with Crippen LogP contribution in [0.15, 0.2) is 48.5 Å². The Balaban J connectivity index is 1.38. The first-order chi connectivity index (χ1) is 13.9. The van der Waals surface area contributed by atoms with Gasteiger partial charge in [-0.05, 0) is 35.7 Å². The minimum absolute atomic E-state index is 0.0536. The van der Waals surface area contributed by atoms with Gasteiger partial charge in [0.2, 0.25) is 0 Å². The number of nitrogens with one attached hydrogen (secondary N) is 1. The monoisotopic (exact) mass is 392 g/mol. The predicted octanol–water partition coefficient (Wildman–Crippen LogP) is 3.31. The molecule has 0 aromatic heterocycles. The fourth-order valence-electron chi connectivity index (χ4n) is 5.52. The number of carbonyl (C=O) groups is 1. The lowest BCUT2D eigenvalue weighted by molar-refractivity contribution is -1.03. The molecule has 0 bridgehead atoms. The van der Waals surface area contributed by atoms with Gasteiger partial charge in [-0.25, -0.2) is 4.79 Å². The number of hydroxylamine groups is 3. The second-order valence-electron chi connectivity index (χ2n) is 9.17. The van der Waals surface area contributed by atoms with E-state index in [1.807, 2.05) is 37.4 Å². The topological polar surface area (TPSA) is 41.6 Å². The van der Waals surface area contributed by atoms with Crippen LogP contribution in [0.3, 0.4) is 0 Å². The molecule has 1 N–H and O–H groups in total. The molecule has 2 aromatic carbocycles. The Morgan fingerprint density at radius 3 is 2.83 bits per heavy atom. The maximum absolute atomic E-state index is 13.3. The van der Waals surface area contributed by atoms with Crippen molar-refractivity contribution in [3.05, 3.63) is 65.2 Å².